The van der Waals surface area contributed by atoms with Crippen molar-refractivity contribution < 1.29 is 13.2 Å². The third-order valence-electron chi connectivity index (χ3n) is 3.28. The van der Waals surface area contributed by atoms with Crippen molar-refractivity contribution in [2.75, 3.05) is 18.8 Å². The fourth-order valence-electron chi connectivity index (χ4n) is 2.23. The highest BCUT2D eigenvalue weighted by Crippen LogP contribution is 2.18. The van der Waals surface area contributed by atoms with Crippen LogP contribution in [-0.4, -0.2) is 44.1 Å². The number of hydrogen-bond acceptors (Lipinski definition) is 4. The zero-order valence-electron chi connectivity index (χ0n) is 11.0. The molecule has 1 heterocycles. The Bertz CT molecular complexity index is 603. The van der Waals surface area contributed by atoms with Gasteiger partial charge in [-0.15, -0.1) is 0 Å². The highest BCUT2D eigenvalue weighted by molar-refractivity contribution is 9.10. The third kappa shape index (κ3) is 3.80. The average Bonchev–Trinajstić information content (AvgIpc) is 2.38. The lowest BCUT2D eigenvalue weighted by Crippen LogP contribution is -2.47. The van der Waals surface area contributed by atoms with E-state index in [9.17, 15) is 13.2 Å². The predicted molar refractivity (Wildman–Crippen MR) is 80.0 cm³/mol. The molecule has 1 aliphatic heterocycles. The molecule has 0 spiro atoms. The Kier molecular flexibility index (Phi) is 4.82. The molecule has 0 radical (unpaired) electrons. The van der Waals surface area contributed by atoms with Gasteiger partial charge in [0.1, 0.15) is 5.75 Å². The van der Waals surface area contributed by atoms with Crippen LogP contribution in [0.15, 0.2) is 33.6 Å². The summed E-state index contributed by atoms with van der Waals surface area (Å²) in [4.78, 5) is 13.8. The quantitative estimate of drug-likeness (QED) is 0.877. The van der Waals surface area contributed by atoms with Crippen LogP contribution in [0.2, 0.25) is 0 Å². The third-order valence-corrected chi connectivity index (χ3v) is 5.37. The van der Waals surface area contributed by atoms with E-state index in [2.05, 4.69) is 15.9 Å². The van der Waals surface area contributed by atoms with Gasteiger partial charge in [0.2, 0.25) is 5.91 Å². The number of halogens is 1. The number of amides is 1. The smallest absolute Gasteiger partial charge is 0.238 e. The number of carbonyl (C=O) groups excluding carboxylic acids is 1. The maximum Gasteiger partial charge on any atom is 0.238 e. The van der Waals surface area contributed by atoms with Gasteiger partial charge in [0, 0.05) is 23.6 Å². The predicted octanol–water partition coefficient (Wildman–Crippen LogP) is 1.17. The number of benzene rings is 1. The highest BCUT2D eigenvalue weighted by Gasteiger charge is 2.26. The van der Waals surface area contributed by atoms with Crippen LogP contribution in [0.4, 0.5) is 0 Å². The van der Waals surface area contributed by atoms with Gasteiger partial charge in [-0.2, -0.15) is 0 Å². The summed E-state index contributed by atoms with van der Waals surface area (Å²) in [5.41, 5.74) is 5.81. The van der Waals surface area contributed by atoms with E-state index in [0.29, 0.717) is 17.6 Å². The molecule has 2 N–H and O–H groups in total. The Labute approximate surface area is 127 Å². The lowest BCUT2D eigenvalue weighted by atomic mass is 10.1. The number of rotatable bonds is 3. The zero-order valence-corrected chi connectivity index (χ0v) is 13.4. The second-order valence-corrected chi connectivity index (χ2v) is 7.86. The van der Waals surface area contributed by atoms with Crippen LogP contribution in [0.3, 0.4) is 0 Å². The SMILES string of the molecule is N[C@H]1CCCN(C(=O)CS(=O)(=O)c2cccc(Br)c2)C1. The largest absolute Gasteiger partial charge is 0.340 e. The van der Waals surface area contributed by atoms with Crippen molar-refractivity contribution in [1.82, 2.24) is 4.90 Å². The number of nitrogens with two attached hydrogens (primary N) is 1. The van der Waals surface area contributed by atoms with E-state index in [-0.39, 0.29) is 16.8 Å². The van der Waals surface area contributed by atoms with E-state index >= 15 is 0 Å². The summed E-state index contributed by atoms with van der Waals surface area (Å²) < 4.78 is 25.1. The fraction of sp³-hybridized carbons (Fsp3) is 0.462. The van der Waals surface area contributed by atoms with Gasteiger partial charge < -0.3 is 10.6 Å². The van der Waals surface area contributed by atoms with E-state index in [1.807, 2.05) is 0 Å². The van der Waals surface area contributed by atoms with Gasteiger partial charge in [-0.25, -0.2) is 8.42 Å². The molecule has 0 aromatic heterocycles. The minimum Gasteiger partial charge on any atom is -0.340 e. The Morgan fingerprint density at radius 1 is 1.45 bits per heavy atom. The van der Waals surface area contributed by atoms with Gasteiger partial charge >= 0.3 is 0 Å². The zero-order chi connectivity index (χ0) is 14.8. The molecule has 1 aliphatic rings. The summed E-state index contributed by atoms with van der Waals surface area (Å²) in [6.45, 7) is 1.02. The number of sulfone groups is 1. The molecule has 0 unspecified atom stereocenters. The van der Waals surface area contributed by atoms with Gasteiger partial charge in [-0.1, -0.05) is 22.0 Å². The first kappa shape index (κ1) is 15.5. The Hall–Kier alpha value is -0.920. The van der Waals surface area contributed by atoms with Crippen molar-refractivity contribution in [2.24, 2.45) is 5.73 Å². The van der Waals surface area contributed by atoms with Crippen LogP contribution >= 0.6 is 15.9 Å². The van der Waals surface area contributed by atoms with Crippen molar-refractivity contribution >= 4 is 31.7 Å². The molecule has 5 nitrogen and oxygen atoms in total. The van der Waals surface area contributed by atoms with Gasteiger partial charge in [0.15, 0.2) is 9.84 Å². The minimum absolute atomic E-state index is 0.0544. The van der Waals surface area contributed by atoms with Crippen molar-refractivity contribution in [3.8, 4) is 0 Å². The maximum atomic E-state index is 12.2. The van der Waals surface area contributed by atoms with Crippen LogP contribution in [0.1, 0.15) is 12.8 Å². The lowest BCUT2D eigenvalue weighted by molar-refractivity contribution is -0.129. The molecule has 7 heteroatoms. The van der Waals surface area contributed by atoms with Crippen molar-refractivity contribution in [2.45, 2.75) is 23.8 Å². The summed E-state index contributed by atoms with van der Waals surface area (Å²) in [7, 11) is -3.61. The summed E-state index contributed by atoms with van der Waals surface area (Å²) in [5, 5.41) is 0. The van der Waals surface area contributed by atoms with Gasteiger partial charge in [-0.05, 0) is 31.0 Å². The van der Waals surface area contributed by atoms with E-state index in [4.69, 9.17) is 5.73 Å². The van der Waals surface area contributed by atoms with Crippen LogP contribution in [-0.2, 0) is 14.6 Å². The van der Waals surface area contributed by atoms with E-state index in [1.165, 1.54) is 12.1 Å². The molecule has 2 rings (SSSR count). The first-order chi connectivity index (χ1) is 9.38. The molecule has 1 fully saturated rings. The summed E-state index contributed by atoms with van der Waals surface area (Å²) in [6.07, 6.45) is 1.70. The van der Waals surface area contributed by atoms with Crippen LogP contribution in [0.5, 0.6) is 0 Å². The Morgan fingerprint density at radius 3 is 2.85 bits per heavy atom. The molecule has 110 valence electrons. The number of carbonyl (C=O) groups is 1. The van der Waals surface area contributed by atoms with Crippen molar-refractivity contribution in [1.29, 1.82) is 0 Å². The number of piperidine rings is 1. The molecule has 1 aromatic carbocycles. The normalized spacial score (nSPS) is 19.9. The van der Waals surface area contributed by atoms with Crippen molar-refractivity contribution in [3.63, 3.8) is 0 Å². The number of nitrogens with zero attached hydrogens (tertiary/aromatic N) is 1. The fourth-order valence-corrected chi connectivity index (χ4v) is 4.05. The second-order valence-electron chi connectivity index (χ2n) is 4.96. The molecule has 1 atom stereocenters. The molecule has 1 saturated heterocycles. The van der Waals surface area contributed by atoms with Crippen LogP contribution < -0.4 is 5.73 Å². The Morgan fingerprint density at radius 2 is 2.20 bits per heavy atom. The minimum atomic E-state index is -3.61. The van der Waals surface area contributed by atoms with Gasteiger partial charge in [0.05, 0.1) is 4.90 Å². The standard InChI is InChI=1S/C13H17BrN2O3S/c14-10-3-1-5-12(7-10)20(18,19)9-13(17)16-6-2-4-11(15)8-16/h1,3,5,7,11H,2,4,6,8-9,15H2/t11-/m0/s1. The Balaban J connectivity index is 2.10. The summed E-state index contributed by atoms with van der Waals surface area (Å²) in [6, 6.07) is 6.32. The van der Waals surface area contributed by atoms with Crippen LogP contribution in [0, 0.1) is 0 Å². The molecule has 1 amide bonds. The molecule has 0 saturated carbocycles. The molecular formula is C13H17BrN2O3S. The van der Waals surface area contributed by atoms with Gasteiger partial charge in [0.25, 0.3) is 0 Å². The van der Waals surface area contributed by atoms with Gasteiger partial charge in [-0.3, -0.25) is 4.79 Å². The highest BCUT2D eigenvalue weighted by atomic mass is 79.9. The summed E-state index contributed by atoms with van der Waals surface area (Å²) in [5.74, 6) is -0.879. The monoisotopic (exact) mass is 360 g/mol. The van der Waals surface area contributed by atoms with Crippen molar-refractivity contribution in [3.05, 3.63) is 28.7 Å². The van der Waals surface area contributed by atoms with E-state index in [1.54, 1.807) is 17.0 Å². The first-order valence-corrected chi connectivity index (χ1v) is 8.85. The average molecular weight is 361 g/mol. The maximum absolute atomic E-state index is 12.2. The number of hydrogen-bond donors (Lipinski definition) is 1. The van der Waals surface area contributed by atoms with E-state index < -0.39 is 15.6 Å². The number of likely N-dealkylation sites (tertiary alicyclic amines) is 1. The summed E-state index contributed by atoms with van der Waals surface area (Å²) >= 11 is 3.23. The molecule has 0 bridgehead atoms. The molecular weight excluding hydrogens is 344 g/mol. The second kappa shape index (κ2) is 6.24. The molecule has 0 aliphatic carbocycles. The van der Waals surface area contributed by atoms with Crippen LogP contribution in [0.25, 0.3) is 0 Å². The molecule has 20 heavy (non-hydrogen) atoms. The lowest BCUT2D eigenvalue weighted by Gasteiger charge is -2.30. The first-order valence-electron chi connectivity index (χ1n) is 6.40. The molecule has 1 aromatic rings. The topological polar surface area (TPSA) is 80.5 Å². The van der Waals surface area contributed by atoms with E-state index in [0.717, 1.165) is 12.8 Å².